The number of hydrogen-bond donors (Lipinski definition) is 1. The normalized spacial score (nSPS) is 15.9. The van der Waals surface area contributed by atoms with Gasteiger partial charge in [0, 0.05) is 18.7 Å². The maximum Gasteiger partial charge on any atom is 0.387 e. The third kappa shape index (κ3) is 2.29. The minimum atomic E-state index is -2.80. The van der Waals surface area contributed by atoms with Crippen LogP contribution in [0.2, 0.25) is 0 Å². The number of nitrogens with one attached hydrogen (secondary N) is 1. The molecule has 1 aliphatic heterocycles. The summed E-state index contributed by atoms with van der Waals surface area (Å²) < 4.78 is 28.1. The highest BCUT2D eigenvalue weighted by Gasteiger charge is 2.18. The maximum atomic E-state index is 11.9. The highest BCUT2D eigenvalue weighted by Crippen LogP contribution is 2.24. The molecule has 0 saturated carbocycles. The molecule has 2 rings (SSSR count). The van der Waals surface area contributed by atoms with E-state index >= 15 is 0 Å². The summed E-state index contributed by atoms with van der Waals surface area (Å²) in [6.45, 7) is -1.98. The molecule has 5 heteroatoms. The van der Waals surface area contributed by atoms with E-state index in [4.69, 9.17) is 5.41 Å². The fourth-order valence-electron chi connectivity index (χ4n) is 1.77. The first-order chi connectivity index (χ1) is 7.66. The first-order valence-corrected chi connectivity index (χ1v) is 5.06. The molecule has 0 aliphatic carbocycles. The molecule has 1 N–H and O–H groups in total. The van der Waals surface area contributed by atoms with Crippen LogP contribution in [0, 0.1) is 5.41 Å². The van der Waals surface area contributed by atoms with Gasteiger partial charge < -0.3 is 9.64 Å². The van der Waals surface area contributed by atoms with Crippen LogP contribution >= 0.6 is 0 Å². The van der Waals surface area contributed by atoms with Crippen molar-refractivity contribution in [1.82, 2.24) is 0 Å². The predicted molar refractivity (Wildman–Crippen MR) is 57.4 cm³/mol. The zero-order valence-electron chi connectivity index (χ0n) is 8.62. The van der Waals surface area contributed by atoms with Gasteiger partial charge in [0.1, 0.15) is 11.6 Å². The van der Waals surface area contributed by atoms with Gasteiger partial charge in [-0.1, -0.05) is 0 Å². The summed E-state index contributed by atoms with van der Waals surface area (Å²) in [5, 5.41) is 7.68. The van der Waals surface area contributed by atoms with Crippen LogP contribution in [0.5, 0.6) is 5.75 Å². The number of hydrogen-bond acceptors (Lipinski definition) is 2. The second kappa shape index (κ2) is 4.47. The van der Waals surface area contributed by atoms with Crippen LogP contribution in [-0.2, 0) is 0 Å². The number of rotatable bonds is 3. The molecule has 1 fully saturated rings. The average Bonchev–Trinajstić information content (AvgIpc) is 2.65. The van der Waals surface area contributed by atoms with Crippen molar-refractivity contribution in [1.29, 1.82) is 5.41 Å². The molecule has 0 radical (unpaired) electrons. The number of anilines is 1. The van der Waals surface area contributed by atoms with Gasteiger partial charge in [0.2, 0.25) is 0 Å². The molecule has 0 spiro atoms. The fraction of sp³-hybridized carbons (Fsp3) is 0.364. The summed E-state index contributed by atoms with van der Waals surface area (Å²) in [6, 6.07) is 6.37. The number of ether oxygens (including phenoxy) is 1. The quantitative estimate of drug-likeness (QED) is 0.860. The Labute approximate surface area is 92.1 Å². The molecule has 0 atom stereocenters. The summed E-state index contributed by atoms with van der Waals surface area (Å²) in [7, 11) is 0. The molecule has 0 bridgehead atoms. The van der Waals surface area contributed by atoms with Crippen molar-refractivity contribution in [3.63, 3.8) is 0 Å². The van der Waals surface area contributed by atoms with E-state index in [2.05, 4.69) is 4.74 Å². The fourth-order valence-corrected chi connectivity index (χ4v) is 1.77. The second-order valence-corrected chi connectivity index (χ2v) is 3.57. The van der Waals surface area contributed by atoms with Gasteiger partial charge in [0.05, 0.1) is 0 Å². The molecule has 1 aromatic carbocycles. The van der Waals surface area contributed by atoms with Crippen LogP contribution in [0.1, 0.15) is 12.8 Å². The third-order valence-electron chi connectivity index (χ3n) is 2.49. The van der Waals surface area contributed by atoms with Crippen molar-refractivity contribution >= 4 is 11.5 Å². The summed E-state index contributed by atoms with van der Waals surface area (Å²) in [5.41, 5.74) is 0.851. The van der Waals surface area contributed by atoms with Gasteiger partial charge in [-0.05, 0) is 30.7 Å². The summed E-state index contributed by atoms with van der Waals surface area (Å²) >= 11 is 0. The highest BCUT2D eigenvalue weighted by molar-refractivity contribution is 5.97. The topological polar surface area (TPSA) is 36.3 Å². The maximum absolute atomic E-state index is 11.9. The number of halogens is 2. The Bertz CT molecular complexity index is 378. The van der Waals surface area contributed by atoms with Crippen molar-refractivity contribution in [2.24, 2.45) is 0 Å². The Morgan fingerprint density at radius 2 is 1.94 bits per heavy atom. The Morgan fingerprint density at radius 1 is 1.25 bits per heavy atom. The smallest absolute Gasteiger partial charge is 0.387 e. The molecule has 1 saturated heterocycles. The molecule has 0 aromatic heterocycles. The van der Waals surface area contributed by atoms with Gasteiger partial charge in [-0.15, -0.1) is 0 Å². The molecule has 1 heterocycles. The monoisotopic (exact) mass is 226 g/mol. The number of nitrogens with zero attached hydrogens (tertiary/aromatic N) is 1. The largest absolute Gasteiger partial charge is 0.435 e. The van der Waals surface area contributed by atoms with Crippen molar-refractivity contribution in [2.75, 3.05) is 11.4 Å². The first kappa shape index (κ1) is 10.9. The summed E-state index contributed by atoms with van der Waals surface area (Å²) in [6.07, 6.45) is 1.74. The van der Waals surface area contributed by atoms with Crippen LogP contribution < -0.4 is 9.64 Å². The predicted octanol–water partition coefficient (Wildman–Crippen LogP) is 2.87. The minimum absolute atomic E-state index is 0.143. The Kier molecular flexibility index (Phi) is 3.03. The van der Waals surface area contributed by atoms with E-state index < -0.39 is 6.61 Å². The lowest BCUT2D eigenvalue weighted by atomic mass is 10.3. The van der Waals surface area contributed by atoms with Crippen molar-refractivity contribution < 1.29 is 13.5 Å². The Morgan fingerprint density at radius 3 is 2.44 bits per heavy atom. The van der Waals surface area contributed by atoms with E-state index in [0.29, 0.717) is 5.84 Å². The van der Waals surface area contributed by atoms with Crippen molar-refractivity contribution in [2.45, 2.75) is 19.5 Å². The van der Waals surface area contributed by atoms with Crippen molar-refractivity contribution in [3.05, 3.63) is 24.3 Å². The molecule has 1 aliphatic rings. The van der Waals surface area contributed by atoms with Gasteiger partial charge in [-0.3, -0.25) is 5.41 Å². The third-order valence-corrected chi connectivity index (χ3v) is 2.49. The lowest BCUT2D eigenvalue weighted by Gasteiger charge is -2.18. The minimum Gasteiger partial charge on any atom is -0.435 e. The zero-order chi connectivity index (χ0) is 11.5. The van der Waals surface area contributed by atoms with E-state index in [9.17, 15) is 8.78 Å². The van der Waals surface area contributed by atoms with Gasteiger partial charge in [0.15, 0.2) is 0 Å². The molecular formula is C11H12F2N2O. The van der Waals surface area contributed by atoms with E-state index in [1.54, 1.807) is 12.1 Å². The van der Waals surface area contributed by atoms with Crippen LogP contribution in [-0.4, -0.2) is 19.0 Å². The standard InChI is InChI=1S/C11H12F2N2O/c12-11(13)16-9-5-3-8(4-6-9)15-7-1-2-10(15)14/h3-6,11,14H,1-2,7H2. The van der Waals surface area contributed by atoms with Crippen molar-refractivity contribution in [3.8, 4) is 5.75 Å². The lowest BCUT2D eigenvalue weighted by molar-refractivity contribution is -0.0498. The number of benzene rings is 1. The van der Waals surface area contributed by atoms with E-state index in [0.717, 1.165) is 25.1 Å². The number of alkyl halides is 2. The molecular weight excluding hydrogens is 214 g/mol. The molecule has 0 amide bonds. The Balaban J connectivity index is 2.09. The van der Waals surface area contributed by atoms with Gasteiger partial charge in [-0.2, -0.15) is 8.78 Å². The summed E-state index contributed by atoms with van der Waals surface area (Å²) in [4.78, 5) is 1.87. The summed E-state index contributed by atoms with van der Waals surface area (Å²) in [5.74, 6) is 0.715. The second-order valence-electron chi connectivity index (χ2n) is 3.57. The molecule has 3 nitrogen and oxygen atoms in total. The van der Waals surface area contributed by atoms with Crippen LogP contribution in [0.4, 0.5) is 14.5 Å². The molecule has 86 valence electrons. The SMILES string of the molecule is N=C1CCCN1c1ccc(OC(F)F)cc1. The lowest BCUT2D eigenvalue weighted by Crippen LogP contribution is -2.22. The van der Waals surface area contributed by atoms with Crippen LogP contribution in [0.25, 0.3) is 0 Å². The average molecular weight is 226 g/mol. The van der Waals surface area contributed by atoms with Crippen LogP contribution in [0.3, 0.4) is 0 Å². The van der Waals surface area contributed by atoms with Gasteiger partial charge >= 0.3 is 6.61 Å². The number of amidine groups is 1. The first-order valence-electron chi connectivity index (χ1n) is 5.06. The van der Waals surface area contributed by atoms with Gasteiger partial charge in [0.25, 0.3) is 0 Å². The Hall–Kier alpha value is -1.65. The molecule has 16 heavy (non-hydrogen) atoms. The van der Waals surface area contributed by atoms with E-state index in [1.807, 2.05) is 4.90 Å². The van der Waals surface area contributed by atoms with E-state index in [-0.39, 0.29) is 5.75 Å². The van der Waals surface area contributed by atoms with Crippen LogP contribution in [0.15, 0.2) is 24.3 Å². The zero-order valence-corrected chi connectivity index (χ0v) is 8.62. The van der Waals surface area contributed by atoms with Gasteiger partial charge in [-0.25, -0.2) is 0 Å². The highest BCUT2D eigenvalue weighted by atomic mass is 19.3. The molecule has 0 unspecified atom stereocenters. The van der Waals surface area contributed by atoms with E-state index in [1.165, 1.54) is 12.1 Å². The molecule has 1 aromatic rings.